The van der Waals surface area contributed by atoms with Crippen molar-refractivity contribution in [2.45, 2.75) is 32.6 Å². The maximum atomic E-state index is 12.6. The molecule has 0 saturated heterocycles. The molecule has 0 saturated carbocycles. The van der Waals surface area contributed by atoms with Crippen LogP contribution in [0.2, 0.25) is 0 Å². The summed E-state index contributed by atoms with van der Waals surface area (Å²) in [5, 5.41) is 9.14. The minimum absolute atomic E-state index is 0.0427. The van der Waals surface area contributed by atoms with Crippen molar-refractivity contribution in [3.63, 3.8) is 0 Å². The summed E-state index contributed by atoms with van der Waals surface area (Å²) in [6.45, 7) is 5.91. The van der Waals surface area contributed by atoms with E-state index in [0.29, 0.717) is 31.0 Å². The van der Waals surface area contributed by atoms with Gasteiger partial charge in [0, 0.05) is 19.6 Å². The van der Waals surface area contributed by atoms with Crippen molar-refractivity contribution in [1.29, 1.82) is 0 Å². The first kappa shape index (κ1) is 19.0. The quantitative estimate of drug-likeness (QED) is 0.689. The fraction of sp³-hybridized carbons (Fsp3) is 0.364. The second-order valence-corrected chi connectivity index (χ2v) is 7.16. The van der Waals surface area contributed by atoms with E-state index in [1.807, 2.05) is 43.3 Å². The van der Waals surface area contributed by atoms with Crippen LogP contribution < -0.4 is 16.0 Å². The number of fused-ring (bicyclic) bond motifs is 1. The molecule has 142 valence electrons. The first-order chi connectivity index (χ1) is 13.0. The summed E-state index contributed by atoms with van der Waals surface area (Å²) in [6, 6.07) is 13.7. The minimum atomic E-state index is -0.103. The SMILES string of the molecule is Cc1cc(C(=O)NCCNC(=O)Cc2ccccc2)c2c(c1)C(C)CCN2. The molecule has 2 amide bonds. The Morgan fingerprint density at radius 1 is 1.11 bits per heavy atom. The molecule has 0 bridgehead atoms. The summed E-state index contributed by atoms with van der Waals surface area (Å²) >= 11 is 0. The highest BCUT2D eigenvalue weighted by Crippen LogP contribution is 2.34. The van der Waals surface area contributed by atoms with E-state index in [-0.39, 0.29) is 11.8 Å². The van der Waals surface area contributed by atoms with Crippen LogP contribution in [-0.2, 0) is 11.2 Å². The predicted molar refractivity (Wildman–Crippen MR) is 108 cm³/mol. The van der Waals surface area contributed by atoms with Crippen molar-refractivity contribution in [2.75, 3.05) is 25.0 Å². The van der Waals surface area contributed by atoms with Gasteiger partial charge in [-0.15, -0.1) is 0 Å². The lowest BCUT2D eigenvalue weighted by molar-refractivity contribution is -0.120. The number of benzene rings is 2. The molecule has 2 aromatic rings. The van der Waals surface area contributed by atoms with Gasteiger partial charge in [-0.2, -0.15) is 0 Å². The first-order valence-electron chi connectivity index (χ1n) is 9.52. The van der Waals surface area contributed by atoms with Crippen molar-refractivity contribution in [3.05, 3.63) is 64.7 Å². The third-order valence-corrected chi connectivity index (χ3v) is 4.91. The third kappa shape index (κ3) is 4.88. The van der Waals surface area contributed by atoms with E-state index < -0.39 is 0 Å². The van der Waals surface area contributed by atoms with E-state index in [2.05, 4.69) is 28.9 Å². The van der Waals surface area contributed by atoms with Gasteiger partial charge in [-0.1, -0.05) is 43.3 Å². The maximum absolute atomic E-state index is 12.6. The van der Waals surface area contributed by atoms with E-state index in [0.717, 1.165) is 29.8 Å². The number of rotatable bonds is 6. The van der Waals surface area contributed by atoms with Gasteiger partial charge in [-0.3, -0.25) is 9.59 Å². The zero-order valence-electron chi connectivity index (χ0n) is 16.0. The molecule has 3 N–H and O–H groups in total. The number of hydrogen-bond acceptors (Lipinski definition) is 3. The van der Waals surface area contributed by atoms with Crippen molar-refractivity contribution >= 4 is 17.5 Å². The molecule has 1 aliphatic heterocycles. The molecule has 5 nitrogen and oxygen atoms in total. The number of hydrogen-bond donors (Lipinski definition) is 3. The summed E-state index contributed by atoms with van der Waals surface area (Å²) < 4.78 is 0. The number of carbonyl (C=O) groups is 2. The van der Waals surface area contributed by atoms with E-state index >= 15 is 0 Å². The van der Waals surface area contributed by atoms with Crippen molar-refractivity contribution in [1.82, 2.24) is 10.6 Å². The largest absolute Gasteiger partial charge is 0.384 e. The Labute approximate surface area is 160 Å². The van der Waals surface area contributed by atoms with Crippen LogP contribution >= 0.6 is 0 Å². The van der Waals surface area contributed by atoms with Crippen LogP contribution in [0.3, 0.4) is 0 Å². The van der Waals surface area contributed by atoms with E-state index in [1.165, 1.54) is 5.56 Å². The molecule has 5 heteroatoms. The molecular formula is C22H27N3O2. The predicted octanol–water partition coefficient (Wildman–Crippen LogP) is 3.00. The van der Waals surface area contributed by atoms with Crippen molar-refractivity contribution in [3.8, 4) is 0 Å². The molecule has 0 spiro atoms. The van der Waals surface area contributed by atoms with Gasteiger partial charge in [-0.25, -0.2) is 0 Å². The van der Waals surface area contributed by atoms with Gasteiger partial charge in [0.05, 0.1) is 17.7 Å². The summed E-state index contributed by atoms with van der Waals surface area (Å²) in [5.74, 6) is 0.303. The van der Waals surface area contributed by atoms with Gasteiger partial charge >= 0.3 is 0 Å². The topological polar surface area (TPSA) is 70.2 Å². The second-order valence-electron chi connectivity index (χ2n) is 7.16. The molecule has 1 atom stereocenters. The van der Waals surface area contributed by atoms with Crippen LogP contribution in [0.4, 0.5) is 5.69 Å². The molecule has 1 aliphatic rings. The number of aryl methyl sites for hydroxylation is 1. The van der Waals surface area contributed by atoms with Crippen LogP contribution in [0.1, 0.15) is 46.3 Å². The lowest BCUT2D eigenvalue weighted by Crippen LogP contribution is -2.35. The summed E-state index contributed by atoms with van der Waals surface area (Å²) in [4.78, 5) is 24.6. The lowest BCUT2D eigenvalue weighted by atomic mass is 9.89. The van der Waals surface area contributed by atoms with Crippen LogP contribution in [0, 0.1) is 6.92 Å². The molecule has 3 rings (SSSR count). The second kappa shape index (κ2) is 8.71. The molecular weight excluding hydrogens is 338 g/mol. The van der Waals surface area contributed by atoms with Crippen LogP contribution in [-0.4, -0.2) is 31.4 Å². The molecule has 1 heterocycles. The fourth-order valence-electron chi connectivity index (χ4n) is 3.47. The fourth-order valence-corrected chi connectivity index (χ4v) is 3.47. The lowest BCUT2D eigenvalue weighted by Gasteiger charge is -2.26. The van der Waals surface area contributed by atoms with Crippen molar-refractivity contribution < 1.29 is 9.59 Å². The maximum Gasteiger partial charge on any atom is 0.253 e. The van der Waals surface area contributed by atoms with Crippen LogP contribution in [0.5, 0.6) is 0 Å². The molecule has 0 aliphatic carbocycles. The van der Waals surface area contributed by atoms with Gasteiger partial charge in [0.1, 0.15) is 0 Å². The Bertz CT molecular complexity index is 818. The molecule has 2 aromatic carbocycles. The van der Waals surface area contributed by atoms with Gasteiger partial charge in [-0.05, 0) is 42.0 Å². The highest BCUT2D eigenvalue weighted by molar-refractivity contribution is 6.00. The number of anilines is 1. The smallest absolute Gasteiger partial charge is 0.253 e. The Balaban J connectivity index is 1.52. The molecule has 0 radical (unpaired) electrons. The highest BCUT2D eigenvalue weighted by Gasteiger charge is 2.22. The molecule has 0 aromatic heterocycles. The van der Waals surface area contributed by atoms with E-state index in [4.69, 9.17) is 0 Å². The van der Waals surface area contributed by atoms with Crippen LogP contribution in [0.25, 0.3) is 0 Å². The minimum Gasteiger partial charge on any atom is -0.384 e. The van der Waals surface area contributed by atoms with Gasteiger partial charge in [0.15, 0.2) is 0 Å². The normalized spacial score (nSPS) is 15.4. The summed E-state index contributed by atoms with van der Waals surface area (Å²) in [7, 11) is 0. The van der Waals surface area contributed by atoms with Gasteiger partial charge in [0.2, 0.25) is 5.91 Å². The van der Waals surface area contributed by atoms with Gasteiger partial charge < -0.3 is 16.0 Å². The monoisotopic (exact) mass is 365 g/mol. The van der Waals surface area contributed by atoms with E-state index in [9.17, 15) is 9.59 Å². The summed E-state index contributed by atoms with van der Waals surface area (Å²) in [6.07, 6.45) is 1.42. The Morgan fingerprint density at radius 3 is 2.63 bits per heavy atom. The average Bonchev–Trinajstić information content (AvgIpc) is 2.66. The van der Waals surface area contributed by atoms with Crippen molar-refractivity contribution in [2.24, 2.45) is 0 Å². The summed E-state index contributed by atoms with van der Waals surface area (Å²) in [5.41, 5.74) is 4.91. The Kier molecular flexibility index (Phi) is 6.12. The van der Waals surface area contributed by atoms with E-state index in [1.54, 1.807) is 0 Å². The number of nitrogens with one attached hydrogen (secondary N) is 3. The Hall–Kier alpha value is -2.82. The zero-order valence-corrected chi connectivity index (χ0v) is 16.0. The number of amides is 2. The molecule has 0 fully saturated rings. The highest BCUT2D eigenvalue weighted by atomic mass is 16.2. The number of carbonyl (C=O) groups excluding carboxylic acids is 2. The zero-order chi connectivity index (χ0) is 19.2. The molecule has 27 heavy (non-hydrogen) atoms. The first-order valence-corrected chi connectivity index (χ1v) is 9.52. The van der Waals surface area contributed by atoms with Gasteiger partial charge in [0.25, 0.3) is 5.91 Å². The Morgan fingerprint density at radius 2 is 1.85 bits per heavy atom. The molecule has 1 unspecified atom stereocenters. The average molecular weight is 365 g/mol. The van der Waals surface area contributed by atoms with Crippen LogP contribution in [0.15, 0.2) is 42.5 Å². The third-order valence-electron chi connectivity index (χ3n) is 4.91. The standard InChI is InChI=1S/C22H27N3O2/c1-15-12-18-16(2)8-9-24-21(18)19(13-15)22(27)25-11-10-23-20(26)14-17-6-4-3-5-7-17/h3-7,12-13,16,24H,8-11,14H2,1-2H3,(H,23,26)(H,25,27).